The van der Waals surface area contributed by atoms with Gasteiger partial charge in [0.2, 0.25) is 0 Å². The van der Waals surface area contributed by atoms with Crippen LogP contribution in [0.4, 0.5) is 5.69 Å². The maximum Gasteiger partial charge on any atom is 0.312 e. The van der Waals surface area contributed by atoms with E-state index >= 15 is 0 Å². The molecule has 10 atom stereocenters. The summed E-state index contributed by atoms with van der Waals surface area (Å²) < 4.78 is 31.7. The van der Waals surface area contributed by atoms with Gasteiger partial charge in [0.15, 0.2) is 5.75 Å². The molecule has 93 heavy (non-hydrogen) atoms. The van der Waals surface area contributed by atoms with Crippen molar-refractivity contribution >= 4 is 81.0 Å². The number of aromatic nitrogens is 3. The van der Waals surface area contributed by atoms with Crippen molar-refractivity contribution in [2.24, 2.45) is 34.6 Å². The third-order valence-corrected chi connectivity index (χ3v) is 17.4. The number of phenols is 3. The number of phenolic OH excluding ortho intramolecular Hbond substituents is 3. The Morgan fingerprint density at radius 1 is 0.882 bits per heavy atom. The number of piperazine rings is 1. The van der Waals surface area contributed by atoms with Crippen molar-refractivity contribution in [1.82, 2.24) is 29.9 Å². The van der Waals surface area contributed by atoms with Crippen LogP contribution in [0.15, 0.2) is 127 Å². The molecule has 9 N–H and O–H groups in total. The number of hydrogen-bond donors (Lipinski definition) is 8. The molecule has 0 radical (unpaired) electrons. The number of nitrogens with one attached hydrogen (secondary N) is 2. The molecule has 1 fully saturated rings. The first-order chi connectivity index (χ1) is 44.2. The molecule has 1 saturated heterocycles. The van der Waals surface area contributed by atoms with E-state index in [1.165, 1.54) is 71.8 Å². The van der Waals surface area contributed by atoms with Gasteiger partial charge in [0, 0.05) is 138 Å². The number of likely N-dealkylation sites (N-methyl/N-ethyl adjacent to an activating group) is 1. The van der Waals surface area contributed by atoms with Crippen molar-refractivity contribution in [2.45, 2.75) is 105 Å². The molecule has 4 aliphatic rings. The lowest BCUT2D eigenvalue weighted by Crippen LogP contribution is -2.46. The van der Waals surface area contributed by atoms with Gasteiger partial charge in [0.1, 0.15) is 29.5 Å². The largest absolute Gasteiger partial charge is 0.507 e. The number of fused-ring (bicyclic) bond motifs is 14. The number of hydrazone groups is 1. The summed E-state index contributed by atoms with van der Waals surface area (Å²) in [7, 11) is 3.42. The second-order valence-corrected chi connectivity index (χ2v) is 24.5. The number of rotatable bonds is 11. The van der Waals surface area contributed by atoms with Gasteiger partial charge in [-0.25, -0.2) is 10.8 Å². The predicted octanol–water partition coefficient (Wildman–Crippen LogP) is 9.82. The van der Waals surface area contributed by atoms with Crippen LogP contribution in [0.5, 0.6) is 23.0 Å². The third kappa shape index (κ3) is 17.8. The number of carbonyl (C=O) groups excluding carboxylic acids is 4. The molecule has 0 spiro atoms. The number of amides is 2. The van der Waals surface area contributed by atoms with Crippen molar-refractivity contribution in [3.63, 3.8) is 0 Å². The zero-order valence-electron chi connectivity index (χ0n) is 53.3. The number of halogens is 3. The van der Waals surface area contributed by atoms with Crippen LogP contribution in [0.1, 0.15) is 97.5 Å². The number of ether oxygens (including phenoxy) is 5. The summed E-state index contributed by atoms with van der Waals surface area (Å²) in [6, 6.07) is 16.2. The van der Waals surface area contributed by atoms with Gasteiger partial charge in [-0.1, -0.05) is 98.9 Å². The van der Waals surface area contributed by atoms with Crippen LogP contribution in [0, 0.1) is 30.6 Å². The summed E-state index contributed by atoms with van der Waals surface area (Å²) in [5.41, 5.74) is 4.11. The van der Waals surface area contributed by atoms with Gasteiger partial charge in [0.05, 0.1) is 72.5 Å². The lowest BCUT2D eigenvalue weighted by molar-refractivity contribution is -0.160. The van der Waals surface area contributed by atoms with E-state index < -0.39 is 88.8 Å². The monoisotopic (exact) mass is 1340 g/mol. The van der Waals surface area contributed by atoms with E-state index in [0.29, 0.717) is 46.9 Å². The zero-order chi connectivity index (χ0) is 68.0. The summed E-state index contributed by atoms with van der Waals surface area (Å²) >= 11 is 18.3. The number of imidazole rings is 1. The first-order valence-electron chi connectivity index (χ1n) is 29.9. The number of carbonyl (C=O) groups is 4. The number of allylic oxidation sites excluding steroid dienone is 2. The molecule has 498 valence electrons. The molecular formula is C67H80Cl3N9O14. The van der Waals surface area contributed by atoms with E-state index in [4.69, 9.17) is 64.3 Å². The fraction of sp³-hybridized carbons (Fsp3) is 0.388. The SMILES string of the molecule is CO[C@H]1/C=C/O[C@@]2(C)Oc3c(C)c(O)c4c(O)c(c(/C=N/N5CCN(C)CC5)c(O)c4c3C2=O)NC(=O)/C(C)=C\C=C\[C@H](C)[C@H](O)[C@@H](C)[C@@H](O)[C@@H](C)[C@H](OC(C)=O)[C@@H]1C.Clc1ccc(COC(Cn2ccnc2)c2ccc(Cl)cc2Cl)cc1.NNC(=O)c1ccncc1. The van der Waals surface area contributed by atoms with Gasteiger partial charge in [-0.15, -0.1) is 0 Å². The van der Waals surface area contributed by atoms with Crippen LogP contribution < -0.4 is 21.3 Å². The van der Waals surface area contributed by atoms with Crippen molar-refractivity contribution in [2.75, 3.05) is 45.7 Å². The summed E-state index contributed by atoms with van der Waals surface area (Å²) in [6.45, 7) is 16.2. The van der Waals surface area contributed by atoms with E-state index in [0.717, 1.165) is 24.2 Å². The number of aromatic hydroxyl groups is 3. The normalized spacial score (nSPS) is 24.5. The zero-order valence-corrected chi connectivity index (χ0v) is 55.6. The highest BCUT2D eigenvalue weighted by molar-refractivity contribution is 6.35. The Balaban J connectivity index is 0.000000291. The van der Waals surface area contributed by atoms with Gasteiger partial charge < -0.3 is 64.0 Å². The molecule has 23 nitrogen and oxygen atoms in total. The fourth-order valence-corrected chi connectivity index (χ4v) is 11.5. The molecule has 2 aromatic heterocycles. The molecule has 5 bridgehead atoms. The molecule has 26 heteroatoms. The molecule has 0 saturated carbocycles. The van der Waals surface area contributed by atoms with Gasteiger partial charge in [-0.05, 0) is 68.9 Å². The Kier molecular flexibility index (Phi) is 25.4. The van der Waals surface area contributed by atoms with Crippen molar-refractivity contribution in [1.29, 1.82) is 0 Å². The van der Waals surface area contributed by atoms with E-state index in [1.807, 2.05) is 59.6 Å². The average molecular weight is 1340 g/mol. The highest BCUT2D eigenvalue weighted by atomic mass is 35.5. The topological polar surface area (TPSA) is 315 Å². The van der Waals surface area contributed by atoms with Crippen LogP contribution in [-0.2, 0) is 41.7 Å². The number of aliphatic hydroxyl groups is 2. The maximum atomic E-state index is 14.4. The van der Waals surface area contributed by atoms with Crippen LogP contribution in [0.2, 0.25) is 15.1 Å². The Morgan fingerprint density at radius 2 is 1.56 bits per heavy atom. The molecular weight excluding hydrogens is 1260 g/mol. The minimum Gasteiger partial charge on any atom is -0.507 e. The van der Waals surface area contributed by atoms with Crippen LogP contribution >= 0.6 is 34.8 Å². The van der Waals surface area contributed by atoms with Crippen LogP contribution in [0.3, 0.4) is 0 Å². The van der Waals surface area contributed by atoms with Crippen LogP contribution in [-0.4, -0.2) is 150 Å². The molecule has 10 rings (SSSR count). The highest BCUT2D eigenvalue weighted by Crippen LogP contribution is 2.55. The van der Waals surface area contributed by atoms with Crippen molar-refractivity contribution in [3.8, 4) is 23.0 Å². The number of hydrogen-bond acceptors (Lipinski definition) is 20. The van der Waals surface area contributed by atoms with Gasteiger partial charge in [0.25, 0.3) is 17.6 Å². The molecule has 2 amide bonds. The number of nitrogen functional groups attached to an aromatic ring is 1. The molecule has 4 aliphatic heterocycles. The minimum absolute atomic E-state index is 0.0559. The Morgan fingerprint density at radius 3 is 2.18 bits per heavy atom. The number of ketones is 1. The Bertz CT molecular complexity index is 3720. The number of nitrogens with two attached hydrogens (primary N) is 1. The lowest BCUT2D eigenvalue weighted by Gasteiger charge is -2.38. The minimum atomic E-state index is -2.04. The number of benzene rings is 4. The molecule has 0 aliphatic carbocycles. The number of nitrogens with zero attached hydrogens (tertiary/aromatic N) is 6. The molecule has 4 aromatic carbocycles. The summed E-state index contributed by atoms with van der Waals surface area (Å²) in [6.07, 6.45) is 13.1. The number of methoxy groups -OCH3 is 1. The summed E-state index contributed by atoms with van der Waals surface area (Å²) in [5, 5.41) is 68.7. The number of esters is 1. The smallest absolute Gasteiger partial charge is 0.312 e. The average Bonchev–Trinajstić information content (AvgIpc) is 1.64. The van der Waals surface area contributed by atoms with E-state index in [1.54, 1.807) is 75.6 Å². The Hall–Kier alpha value is -8.10. The summed E-state index contributed by atoms with van der Waals surface area (Å²) in [5.74, 6) is -3.76. The summed E-state index contributed by atoms with van der Waals surface area (Å²) in [4.78, 5) is 61.2. The van der Waals surface area contributed by atoms with Gasteiger partial charge >= 0.3 is 11.8 Å². The second-order valence-electron chi connectivity index (χ2n) is 23.2. The number of aliphatic hydroxyl groups excluding tert-OH is 2. The van der Waals surface area contributed by atoms with E-state index in [2.05, 4.69) is 25.3 Å². The number of anilines is 1. The molecule has 1 unspecified atom stereocenters. The second kappa shape index (κ2) is 32.6. The first kappa shape index (κ1) is 72.3. The lowest BCUT2D eigenvalue weighted by atomic mass is 9.78. The number of Topliss-reactive ketones (excluding diaryl/α,β-unsaturated/α-hetero) is 1. The highest BCUT2D eigenvalue weighted by Gasteiger charge is 2.50. The predicted molar refractivity (Wildman–Crippen MR) is 354 cm³/mol. The van der Waals surface area contributed by atoms with Crippen molar-refractivity contribution in [3.05, 3.63) is 170 Å². The van der Waals surface area contributed by atoms with E-state index in [9.17, 15) is 44.7 Å². The van der Waals surface area contributed by atoms with Gasteiger partial charge in [-0.3, -0.25) is 34.6 Å². The van der Waals surface area contributed by atoms with Gasteiger partial charge in [-0.2, -0.15) is 5.10 Å². The third-order valence-electron chi connectivity index (χ3n) is 16.5. The Labute approximate surface area is 555 Å². The first-order valence-corrected chi connectivity index (χ1v) is 31.1. The number of pyridine rings is 1. The van der Waals surface area contributed by atoms with Crippen LogP contribution in [0.25, 0.3) is 10.8 Å². The fourth-order valence-electron chi connectivity index (χ4n) is 10.9. The molecule has 6 aromatic rings. The number of hydrazine groups is 1. The quantitative estimate of drug-likeness (QED) is 0.0114. The standard InChI is InChI=1S/C43H58N4O12.C18H15Cl3N2O.C6H7N3O/c1-21-12-11-13-22(2)42(55)45-33-28(20-44-47-17-15-46(9)16-18-47)37(52)30-31(38(33)53)36(51)26(6)40-32(30)41(54)43(8,59-40)57-19-14-29(56-10)23(3)39(58-27(7)48)25(5)35(50)24(4)34(21)49;19-14-3-1-13(2-4-14)11-24-18(10-23-8-7-22-12-23)16-6-5-15(20)9-17(16)21;7-9-6(10)5-1-3-8-4-2-5/h11-14,19-21,23-25,29,34-35,39,49-53H,15-18H2,1-10H3,(H,45,55);1-9,12,18H,10-11H2;1-4H,7H2,(H,9,10)/b12-11+,19-14+,22-13-,44-20+;;/t21-,23+,24+,25+,29-,34-,35+,39+,43-;;/m0../s1. The maximum absolute atomic E-state index is 14.4. The molecule has 6 heterocycles. The van der Waals surface area contributed by atoms with Crippen molar-refractivity contribution < 1.29 is 68.4 Å². The van der Waals surface area contributed by atoms with E-state index in [-0.39, 0.29) is 56.5 Å².